The number of alkyl halides is 3. The molecule has 2 atom stereocenters. The number of rotatable bonds is 9. The Morgan fingerprint density at radius 3 is 2.67 bits per heavy atom. The third-order valence-electron chi connectivity index (χ3n) is 5.61. The summed E-state index contributed by atoms with van der Waals surface area (Å²) in [5.41, 5.74) is 0.334. The number of hydrogen-bond acceptors (Lipinski definition) is 6. The maximum atomic E-state index is 13.0. The number of anilines is 2. The van der Waals surface area contributed by atoms with Gasteiger partial charge in [-0.3, -0.25) is 9.59 Å². The van der Waals surface area contributed by atoms with Gasteiger partial charge in [0, 0.05) is 30.6 Å². The molecule has 0 spiro atoms. The molecule has 1 fully saturated rings. The highest BCUT2D eigenvalue weighted by atomic mass is 32.1. The Morgan fingerprint density at radius 1 is 1.14 bits per heavy atom. The number of carbonyl (C=O) groups excluding carboxylic acids is 2. The van der Waals surface area contributed by atoms with E-state index in [4.69, 9.17) is 4.74 Å². The maximum Gasteiger partial charge on any atom is 0.416 e. The smallest absolute Gasteiger partial charge is 0.376 e. The van der Waals surface area contributed by atoms with Crippen molar-refractivity contribution in [1.29, 1.82) is 0 Å². The molecule has 2 unspecified atom stereocenters. The van der Waals surface area contributed by atoms with Gasteiger partial charge in [-0.2, -0.15) is 13.2 Å². The highest BCUT2D eigenvalue weighted by Gasteiger charge is 2.30. The van der Waals surface area contributed by atoms with Crippen LogP contribution < -0.4 is 16.0 Å². The van der Waals surface area contributed by atoms with E-state index < -0.39 is 23.7 Å². The Morgan fingerprint density at radius 2 is 1.94 bits per heavy atom. The average Bonchev–Trinajstić information content (AvgIpc) is 3.55. The van der Waals surface area contributed by atoms with Gasteiger partial charge in [0.25, 0.3) is 5.91 Å². The monoisotopic (exact) mass is 518 g/mol. The van der Waals surface area contributed by atoms with Crippen molar-refractivity contribution in [2.45, 2.75) is 37.6 Å². The van der Waals surface area contributed by atoms with Gasteiger partial charge >= 0.3 is 6.18 Å². The average molecular weight is 519 g/mol. The molecule has 0 aliphatic carbocycles. The largest absolute Gasteiger partial charge is 0.416 e. The lowest BCUT2D eigenvalue weighted by atomic mass is 10.0. The lowest BCUT2D eigenvalue weighted by molar-refractivity contribution is -0.137. The van der Waals surface area contributed by atoms with E-state index in [1.165, 1.54) is 17.5 Å². The highest BCUT2D eigenvalue weighted by molar-refractivity contribution is 7.14. The summed E-state index contributed by atoms with van der Waals surface area (Å²) in [6.07, 6.45) is -2.40. The normalized spacial score (nSPS) is 16.4. The number of halogens is 3. The number of ether oxygens (including phenoxy) is 1. The van der Waals surface area contributed by atoms with Gasteiger partial charge in [-0.15, -0.1) is 11.3 Å². The molecular formula is C25H25F3N4O3S. The number of hydrogen-bond donors (Lipinski definition) is 3. The van der Waals surface area contributed by atoms with Crippen LogP contribution in [0.1, 0.15) is 34.5 Å². The molecule has 3 N–H and O–H groups in total. The molecule has 36 heavy (non-hydrogen) atoms. The first-order valence-corrected chi connectivity index (χ1v) is 12.3. The van der Waals surface area contributed by atoms with Gasteiger partial charge in [-0.1, -0.05) is 36.4 Å². The van der Waals surface area contributed by atoms with Gasteiger partial charge in [0.15, 0.2) is 5.13 Å². The zero-order valence-electron chi connectivity index (χ0n) is 19.2. The lowest BCUT2D eigenvalue weighted by Crippen LogP contribution is -2.49. The van der Waals surface area contributed by atoms with Crippen LogP contribution in [0.3, 0.4) is 0 Å². The van der Waals surface area contributed by atoms with Crippen molar-refractivity contribution in [1.82, 2.24) is 15.6 Å². The number of nitrogens with zero attached hydrogens (tertiary/aromatic N) is 1. The van der Waals surface area contributed by atoms with Crippen molar-refractivity contribution in [2.24, 2.45) is 0 Å². The van der Waals surface area contributed by atoms with Gasteiger partial charge in [-0.25, -0.2) is 4.98 Å². The van der Waals surface area contributed by atoms with E-state index in [2.05, 4.69) is 20.9 Å². The summed E-state index contributed by atoms with van der Waals surface area (Å²) >= 11 is 1.07. The Hall–Kier alpha value is -3.44. The molecule has 11 heteroatoms. The molecule has 0 bridgehead atoms. The Bertz CT molecular complexity index is 1180. The second-order valence-electron chi connectivity index (χ2n) is 8.34. The SMILES string of the molecule is O=C(NC(Cc1ccccc1)C(=O)NCC1CCCO1)c1csc(Nc2cccc(C(F)(F)F)c2)n1. The summed E-state index contributed by atoms with van der Waals surface area (Å²) in [5.74, 6) is -0.892. The summed E-state index contributed by atoms with van der Waals surface area (Å²) < 4.78 is 44.5. The number of carbonyl (C=O) groups is 2. The molecule has 2 amide bonds. The van der Waals surface area contributed by atoms with Crippen LogP contribution in [0.2, 0.25) is 0 Å². The molecule has 0 radical (unpaired) electrons. The molecular weight excluding hydrogens is 493 g/mol. The van der Waals surface area contributed by atoms with Crippen LogP contribution >= 0.6 is 11.3 Å². The van der Waals surface area contributed by atoms with E-state index in [0.29, 0.717) is 13.2 Å². The molecule has 1 saturated heterocycles. The van der Waals surface area contributed by atoms with Crippen molar-refractivity contribution in [2.75, 3.05) is 18.5 Å². The zero-order chi connectivity index (χ0) is 25.5. The number of benzene rings is 2. The minimum atomic E-state index is -4.47. The van der Waals surface area contributed by atoms with Crippen LogP contribution in [0.4, 0.5) is 24.0 Å². The van der Waals surface area contributed by atoms with Crippen LogP contribution in [0, 0.1) is 0 Å². The van der Waals surface area contributed by atoms with Crippen LogP contribution in [0.15, 0.2) is 60.0 Å². The fraction of sp³-hybridized carbons (Fsp3) is 0.320. The predicted octanol–water partition coefficient (Wildman–Crippen LogP) is 4.54. The van der Waals surface area contributed by atoms with Crippen molar-refractivity contribution < 1.29 is 27.5 Å². The Labute approximate surface area is 210 Å². The maximum absolute atomic E-state index is 13.0. The van der Waals surface area contributed by atoms with Gasteiger partial charge < -0.3 is 20.7 Å². The number of amides is 2. The molecule has 7 nitrogen and oxygen atoms in total. The Balaban J connectivity index is 1.42. The van der Waals surface area contributed by atoms with E-state index in [1.807, 2.05) is 30.3 Å². The molecule has 190 valence electrons. The molecule has 4 rings (SSSR count). The summed E-state index contributed by atoms with van der Waals surface area (Å²) in [6.45, 7) is 1.03. The van der Waals surface area contributed by atoms with E-state index in [9.17, 15) is 22.8 Å². The van der Waals surface area contributed by atoms with Crippen LogP contribution in [-0.4, -0.2) is 42.1 Å². The molecule has 2 aromatic carbocycles. The highest BCUT2D eigenvalue weighted by Crippen LogP contribution is 2.31. The van der Waals surface area contributed by atoms with E-state index in [-0.39, 0.29) is 34.9 Å². The predicted molar refractivity (Wildman–Crippen MR) is 130 cm³/mol. The molecule has 1 aliphatic heterocycles. The lowest BCUT2D eigenvalue weighted by Gasteiger charge is -2.19. The Kier molecular flexibility index (Phi) is 8.21. The summed E-state index contributed by atoms with van der Waals surface area (Å²) in [6, 6.07) is 13.2. The van der Waals surface area contributed by atoms with Crippen LogP contribution in [0.25, 0.3) is 0 Å². The van der Waals surface area contributed by atoms with Crippen LogP contribution in [-0.2, 0) is 22.1 Å². The standard InChI is InChI=1S/C25H25F3N4O3S/c26-25(27,28)17-8-4-9-18(13-17)30-24-32-21(15-36-24)23(34)31-20(12-16-6-2-1-3-7-16)22(33)29-14-19-10-5-11-35-19/h1-4,6-9,13,15,19-20H,5,10-12,14H2,(H,29,33)(H,30,32)(H,31,34). The van der Waals surface area contributed by atoms with Gasteiger partial charge in [0.1, 0.15) is 11.7 Å². The van der Waals surface area contributed by atoms with Gasteiger partial charge in [0.2, 0.25) is 5.91 Å². The first-order valence-electron chi connectivity index (χ1n) is 11.4. The fourth-order valence-corrected chi connectivity index (χ4v) is 4.48. The van der Waals surface area contributed by atoms with Crippen molar-refractivity contribution >= 4 is 34.0 Å². The van der Waals surface area contributed by atoms with Crippen molar-refractivity contribution in [3.8, 4) is 0 Å². The summed E-state index contributed by atoms with van der Waals surface area (Å²) in [4.78, 5) is 30.0. The van der Waals surface area contributed by atoms with Crippen molar-refractivity contribution in [3.63, 3.8) is 0 Å². The molecule has 1 aromatic heterocycles. The van der Waals surface area contributed by atoms with E-state index >= 15 is 0 Å². The molecule has 0 saturated carbocycles. The topological polar surface area (TPSA) is 92.4 Å². The van der Waals surface area contributed by atoms with Gasteiger partial charge in [-0.05, 0) is 36.6 Å². The summed E-state index contributed by atoms with van der Waals surface area (Å²) in [5, 5.41) is 10.1. The third kappa shape index (κ3) is 7.05. The number of thiazole rings is 1. The van der Waals surface area contributed by atoms with Crippen molar-refractivity contribution in [3.05, 3.63) is 76.8 Å². The second-order valence-corrected chi connectivity index (χ2v) is 9.20. The second kappa shape index (κ2) is 11.5. The van der Waals surface area contributed by atoms with Gasteiger partial charge in [0.05, 0.1) is 11.7 Å². The number of aromatic nitrogens is 1. The van der Waals surface area contributed by atoms with E-state index in [0.717, 1.165) is 41.9 Å². The zero-order valence-corrected chi connectivity index (χ0v) is 20.0. The number of nitrogens with one attached hydrogen (secondary N) is 3. The molecule has 1 aliphatic rings. The minimum absolute atomic E-state index is 0.0370. The van der Waals surface area contributed by atoms with Crippen LogP contribution in [0.5, 0.6) is 0 Å². The molecule has 2 heterocycles. The fourth-order valence-electron chi connectivity index (χ4n) is 3.77. The quantitative estimate of drug-likeness (QED) is 0.387. The van der Waals surface area contributed by atoms with E-state index in [1.54, 1.807) is 0 Å². The molecule has 3 aromatic rings. The minimum Gasteiger partial charge on any atom is -0.376 e. The third-order valence-corrected chi connectivity index (χ3v) is 6.37. The summed E-state index contributed by atoms with van der Waals surface area (Å²) in [7, 11) is 0. The first-order chi connectivity index (χ1) is 17.3. The first kappa shape index (κ1) is 25.6.